The van der Waals surface area contributed by atoms with Gasteiger partial charge >= 0.3 is 0 Å². The summed E-state index contributed by atoms with van der Waals surface area (Å²) in [5, 5.41) is 0. The average molecular weight is 348 g/mol. The van der Waals surface area contributed by atoms with Crippen molar-refractivity contribution < 1.29 is 0 Å². The Balaban J connectivity index is 1.74. The van der Waals surface area contributed by atoms with Crippen LogP contribution in [0.15, 0.2) is 60.7 Å². The first-order valence-electron chi connectivity index (χ1n) is 10.7. The Labute approximate surface area is 159 Å². The summed E-state index contributed by atoms with van der Waals surface area (Å²) in [4.78, 5) is 2.80. The molecule has 0 N–H and O–H groups in total. The van der Waals surface area contributed by atoms with E-state index < -0.39 is 0 Å². The van der Waals surface area contributed by atoms with E-state index in [1.54, 1.807) is 0 Å². The first kappa shape index (κ1) is 17.8. The van der Waals surface area contributed by atoms with Crippen LogP contribution in [0.25, 0.3) is 0 Å². The Morgan fingerprint density at radius 1 is 0.885 bits per heavy atom. The van der Waals surface area contributed by atoms with Crippen molar-refractivity contribution in [2.75, 3.05) is 13.1 Å². The molecule has 0 spiro atoms. The van der Waals surface area contributed by atoms with Crippen LogP contribution in [-0.4, -0.2) is 24.0 Å². The summed E-state index contributed by atoms with van der Waals surface area (Å²) in [5.74, 6) is 0.973. The molecule has 1 nitrogen and oxygen atoms in total. The molecule has 1 atom stereocenters. The van der Waals surface area contributed by atoms with Crippen molar-refractivity contribution in [3.63, 3.8) is 0 Å². The van der Waals surface area contributed by atoms with E-state index in [2.05, 4.69) is 72.5 Å². The lowest BCUT2D eigenvalue weighted by molar-refractivity contribution is 0.0343. The molecule has 0 radical (unpaired) electrons. The van der Waals surface area contributed by atoms with Crippen molar-refractivity contribution in [2.24, 2.45) is 5.92 Å². The standard InChI is InChI=1S/C25H33N/c1-2-3-16-25(22-10-6-4-7-11-22,23-12-8-5-9-13-23)20-24-19-21-14-17-26(24)18-15-21/h4-13,21,24H,2-3,14-20H2,1H3. The van der Waals surface area contributed by atoms with Gasteiger partial charge in [-0.3, -0.25) is 0 Å². The molecule has 3 heterocycles. The molecule has 26 heavy (non-hydrogen) atoms. The van der Waals surface area contributed by atoms with E-state index in [4.69, 9.17) is 0 Å². The first-order valence-corrected chi connectivity index (χ1v) is 10.7. The maximum atomic E-state index is 2.80. The van der Waals surface area contributed by atoms with Gasteiger partial charge in [-0.05, 0) is 62.2 Å². The second-order valence-electron chi connectivity index (χ2n) is 8.49. The summed E-state index contributed by atoms with van der Waals surface area (Å²) in [6.07, 6.45) is 9.35. The number of nitrogens with zero attached hydrogens (tertiary/aromatic N) is 1. The zero-order valence-electron chi connectivity index (χ0n) is 16.2. The summed E-state index contributed by atoms with van der Waals surface area (Å²) in [7, 11) is 0. The largest absolute Gasteiger partial charge is 0.300 e. The molecule has 1 heteroatoms. The molecule has 138 valence electrons. The Morgan fingerprint density at radius 3 is 1.92 bits per heavy atom. The number of hydrogen-bond donors (Lipinski definition) is 0. The van der Waals surface area contributed by atoms with Crippen molar-refractivity contribution in [2.45, 2.75) is 63.3 Å². The minimum atomic E-state index is 0.153. The van der Waals surface area contributed by atoms with Gasteiger partial charge in [-0.1, -0.05) is 80.4 Å². The van der Waals surface area contributed by atoms with Crippen molar-refractivity contribution >= 4 is 0 Å². The number of piperidine rings is 3. The predicted octanol–water partition coefficient (Wildman–Crippen LogP) is 6.04. The maximum absolute atomic E-state index is 2.80. The molecule has 1 unspecified atom stereocenters. The topological polar surface area (TPSA) is 3.24 Å². The number of benzene rings is 2. The fourth-order valence-electron chi connectivity index (χ4n) is 5.49. The molecular weight excluding hydrogens is 314 g/mol. The summed E-state index contributed by atoms with van der Waals surface area (Å²) in [6, 6.07) is 23.5. The molecule has 3 aliphatic rings. The van der Waals surface area contributed by atoms with Gasteiger partial charge in [0.25, 0.3) is 0 Å². The molecule has 0 saturated carbocycles. The highest BCUT2D eigenvalue weighted by molar-refractivity contribution is 5.39. The SMILES string of the molecule is CCCCC(CC1CC2CCN1CC2)(c1ccccc1)c1ccccc1. The Hall–Kier alpha value is -1.60. The third-order valence-electron chi connectivity index (χ3n) is 6.96. The highest BCUT2D eigenvalue weighted by Gasteiger charge is 2.41. The van der Waals surface area contributed by atoms with Gasteiger partial charge in [0.1, 0.15) is 0 Å². The van der Waals surface area contributed by atoms with Crippen molar-refractivity contribution in [1.82, 2.24) is 4.90 Å². The third-order valence-corrected chi connectivity index (χ3v) is 6.96. The lowest BCUT2D eigenvalue weighted by atomic mass is 9.65. The molecule has 0 aliphatic carbocycles. The summed E-state index contributed by atoms with van der Waals surface area (Å²) < 4.78 is 0. The fraction of sp³-hybridized carbons (Fsp3) is 0.520. The second kappa shape index (κ2) is 7.96. The van der Waals surface area contributed by atoms with Crippen LogP contribution in [0.4, 0.5) is 0 Å². The zero-order chi connectivity index (χ0) is 17.8. The molecule has 0 amide bonds. The van der Waals surface area contributed by atoms with Crippen LogP contribution in [0.1, 0.15) is 63.0 Å². The van der Waals surface area contributed by atoms with Gasteiger partial charge in [-0.25, -0.2) is 0 Å². The van der Waals surface area contributed by atoms with E-state index in [1.807, 2.05) is 0 Å². The lowest BCUT2D eigenvalue weighted by Gasteiger charge is -2.49. The molecule has 2 bridgehead atoms. The van der Waals surface area contributed by atoms with E-state index in [-0.39, 0.29) is 5.41 Å². The van der Waals surface area contributed by atoms with E-state index in [9.17, 15) is 0 Å². The van der Waals surface area contributed by atoms with Gasteiger partial charge in [0.05, 0.1) is 0 Å². The third kappa shape index (κ3) is 3.47. The van der Waals surface area contributed by atoms with Gasteiger partial charge in [-0.15, -0.1) is 0 Å². The minimum absolute atomic E-state index is 0.153. The quantitative estimate of drug-likeness (QED) is 0.590. The maximum Gasteiger partial charge on any atom is 0.0217 e. The Bertz CT molecular complexity index is 630. The van der Waals surface area contributed by atoms with Crippen molar-refractivity contribution in [3.05, 3.63) is 71.8 Å². The first-order chi connectivity index (χ1) is 12.8. The number of rotatable bonds is 7. The molecule has 2 aromatic rings. The smallest absolute Gasteiger partial charge is 0.0217 e. The zero-order valence-corrected chi connectivity index (χ0v) is 16.2. The molecule has 3 fully saturated rings. The van der Waals surface area contributed by atoms with Crippen LogP contribution in [0.2, 0.25) is 0 Å². The summed E-state index contributed by atoms with van der Waals surface area (Å²) in [5.41, 5.74) is 3.19. The average Bonchev–Trinajstić information content (AvgIpc) is 2.73. The number of fused-ring (bicyclic) bond motifs is 3. The van der Waals surface area contributed by atoms with Crippen molar-refractivity contribution in [1.29, 1.82) is 0 Å². The van der Waals surface area contributed by atoms with Crippen LogP contribution < -0.4 is 0 Å². The Morgan fingerprint density at radius 2 is 1.46 bits per heavy atom. The van der Waals surface area contributed by atoms with E-state index in [0.29, 0.717) is 0 Å². The van der Waals surface area contributed by atoms with Gasteiger partial charge < -0.3 is 4.90 Å². The van der Waals surface area contributed by atoms with Crippen LogP contribution in [0.5, 0.6) is 0 Å². The highest BCUT2D eigenvalue weighted by atomic mass is 15.2. The van der Waals surface area contributed by atoms with Crippen LogP contribution in [0, 0.1) is 5.92 Å². The van der Waals surface area contributed by atoms with Crippen LogP contribution in [-0.2, 0) is 5.41 Å². The van der Waals surface area contributed by atoms with Gasteiger partial charge in [0.2, 0.25) is 0 Å². The predicted molar refractivity (Wildman–Crippen MR) is 111 cm³/mol. The van der Waals surface area contributed by atoms with E-state index >= 15 is 0 Å². The van der Waals surface area contributed by atoms with E-state index in [1.165, 1.54) is 69.2 Å². The fourth-order valence-corrected chi connectivity index (χ4v) is 5.49. The van der Waals surface area contributed by atoms with Gasteiger partial charge in [0, 0.05) is 11.5 Å². The summed E-state index contributed by atoms with van der Waals surface area (Å²) >= 11 is 0. The minimum Gasteiger partial charge on any atom is -0.300 e. The van der Waals surface area contributed by atoms with E-state index in [0.717, 1.165) is 12.0 Å². The van der Waals surface area contributed by atoms with Crippen LogP contribution >= 0.6 is 0 Å². The van der Waals surface area contributed by atoms with Crippen molar-refractivity contribution in [3.8, 4) is 0 Å². The normalized spacial score (nSPS) is 25.3. The van der Waals surface area contributed by atoms with Gasteiger partial charge in [0.15, 0.2) is 0 Å². The monoisotopic (exact) mass is 347 g/mol. The Kier molecular flexibility index (Phi) is 5.45. The van der Waals surface area contributed by atoms with Gasteiger partial charge in [-0.2, -0.15) is 0 Å². The molecule has 3 saturated heterocycles. The lowest BCUT2D eigenvalue weighted by Crippen LogP contribution is -2.51. The highest BCUT2D eigenvalue weighted by Crippen LogP contribution is 2.45. The second-order valence-corrected chi connectivity index (χ2v) is 8.49. The molecule has 2 aromatic carbocycles. The number of unbranched alkanes of at least 4 members (excludes halogenated alkanes) is 1. The molecule has 5 rings (SSSR count). The molecule has 3 aliphatic heterocycles. The summed E-state index contributed by atoms with van der Waals surface area (Å²) in [6.45, 7) is 4.97. The molecular formula is C25H33N. The number of hydrogen-bond acceptors (Lipinski definition) is 1. The molecule has 0 aromatic heterocycles. The van der Waals surface area contributed by atoms with Crippen LogP contribution in [0.3, 0.4) is 0 Å².